The fourth-order valence-electron chi connectivity index (χ4n) is 1.52. The van der Waals surface area contributed by atoms with Gasteiger partial charge in [0.15, 0.2) is 5.82 Å². The van der Waals surface area contributed by atoms with Crippen molar-refractivity contribution in [3.8, 4) is 0 Å². The van der Waals surface area contributed by atoms with Crippen LogP contribution in [0.25, 0.3) is 0 Å². The molecule has 0 aromatic carbocycles. The van der Waals surface area contributed by atoms with Crippen LogP contribution in [0.5, 0.6) is 0 Å². The second-order valence-corrected chi connectivity index (χ2v) is 4.32. The van der Waals surface area contributed by atoms with Gasteiger partial charge in [-0.1, -0.05) is 6.92 Å². The van der Waals surface area contributed by atoms with Gasteiger partial charge in [-0.3, -0.25) is 4.68 Å². The summed E-state index contributed by atoms with van der Waals surface area (Å²) in [6.07, 6.45) is 2.85. The van der Waals surface area contributed by atoms with Crippen LogP contribution < -0.4 is 5.32 Å². The molecule has 0 radical (unpaired) electrons. The molecule has 7 nitrogen and oxygen atoms in total. The van der Waals surface area contributed by atoms with E-state index in [1.165, 1.54) is 0 Å². The van der Waals surface area contributed by atoms with Crippen LogP contribution in [-0.4, -0.2) is 61.5 Å². The highest BCUT2D eigenvalue weighted by Crippen LogP contribution is 1.91. The standard InChI is InChI=1S/C13H26N4O3/c1-3-4-14-11-13-15-12-17(16-13)5-6-19-9-10-20-8-7-18-2/h12,14H,3-11H2,1-2H3. The zero-order chi connectivity index (χ0) is 14.5. The van der Waals surface area contributed by atoms with E-state index >= 15 is 0 Å². The van der Waals surface area contributed by atoms with E-state index in [0.717, 1.165) is 25.3 Å². The maximum Gasteiger partial charge on any atom is 0.164 e. The number of rotatable bonds is 13. The number of hydrogen-bond acceptors (Lipinski definition) is 6. The molecule has 0 amide bonds. The molecule has 20 heavy (non-hydrogen) atoms. The Kier molecular flexibility index (Phi) is 10.0. The molecule has 0 aliphatic carbocycles. The number of nitrogens with zero attached hydrogens (tertiary/aromatic N) is 3. The second kappa shape index (κ2) is 11.8. The molecule has 0 aliphatic rings. The molecule has 0 bridgehead atoms. The minimum Gasteiger partial charge on any atom is -0.382 e. The molecule has 0 spiro atoms. The summed E-state index contributed by atoms with van der Waals surface area (Å²) in [5, 5.41) is 7.62. The third-order valence-electron chi connectivity index (χ3n) is 2.56. The molecule has 1 rings (SSSR count). The topological polar surface area (TPSA) is 70.4 Å². The van der Waals surface area contributed by atoms with E-state index in [4.69, 9.17) is 14.2 Å². The minimum absolute atomic E-state index is 0.587. The minimum atomic E-state index is 0.587. The van der Waals surface area contributed by atoms with E-state index in [1.807, 2.05) is 0 Å². The van der Waals surface area contributed by atoms with Gasteiger partial charge in [-0.05, 0) is 13.0 Å². The summed E-state index contributed by atoms with van der Waals surface area (Å²) in [5.74, 6) is 0.821. The number of ether oxygens (including phenoxy) is 3. The molecule has 0 aliphatic heterocycles. The second-order valence-electron chi connectivity index (χ2n) is 4.32. The summed E-state index contributed by atoms with van der Waals surface area (Å²) in [6.45, 7) is 7.56. The molecular formula is C13H26N4O3. The van der Waals surface area contributed by atoms with Crippen LogP contribution in [0.1, 0.15) is 19.2 Å². The molecule has 1 N–H and O–H groups in total. The molecule has 0 atom stereocenters. The van der Waals surface area contributed by atoms with Gasteiger partial charge < -0.3 is 19.5 Å². The van der Waals surface area contributed by atoms with Crippen LogP contribution in [0.15, 0.2) is 6.33 Å². The van der Waals surface area contributed by atoms with Crippen molar-refractivity contribution >= 4 is 0 Å². The van der Waals surface area contributed by atoms with E-state index in [2.05, 4.69) is 22.3 Å². The van der Waals surface area contributed by atoms with Crippen molar-refractivity contribution in [2.45, 2.75) is 26.4 Å². The fourth-order valence-corrected chi connectivity index (χ4v) is 1.52. The quantitative estimate of drug-likeness (QED) is 0.531. The molecule has 1 aromatic rings. The van der Waals surface area contributed by atoms with Crippen LogP contribution in [0.3, 0.4) is 0 Å². The van der Waals surface area contributed by atoms with Crippen LogP contribution in [0.2, 0.25) is 0 Å². The Hall–Kier alpha value is -1.02. The Morgan fingerprint density at radius 2 is 1.90 bits per heavy atom. The normalized spacial score (nSPS) is 11.1. The summed E-state index contributed by atoms with van der Waals surface area (Å²) in [6, 6.07) is 0. The molecule has 1 aromatic heterocycles. The summed E-state index contributed by atoms with van der Waals surface area (Å²) in [5.41, 5.74) is 0. The number of aromatic nitrogens is 3. The zero-order valence-corrected chi connectivity index (χ0v) is 12.5. The highest BCUT2D eigenvalue weighted by atomic mass is 16.5. The van der Waals surface area contributed by atoms with E-state index in [0.29, 0.717) is 39.6 Å². The summed E-state index contributed by atoms with van der Waals surface area (Å²) < 4.78 is 17.4. The first-order valence-electron chi connectivity index (χ1n) is 7.10. The Bertz CT molecular complexity index is 333. The van der Waals surface area contributed by atoms with Crippen LogP contribution in [-0.2, 0) is 27.3 Å². The maximum absolute atomic E-state index is 5.46. The lowest BCUT2D eigenvalue weighted by molar-refractivity contribution is 0.0225. The Morgan fingerprint density at radius 3 is 2.65 bits per heavy atom. The lowest BCUT2D eigenvalue weighted by atomic mass is 10.5. The van der Waals surface area contributed by atoms with Crippen molar-refractivity contribution in [3.63, 3.8) is 0 Å². The summed E-state index contributed by atoms with van der Waals surface area (Å²) in [4.78, 5) is 4.23. The van der Waals surface area contributed by atoms with Crippen molar-refractivity contribution in [3.05, 3.63) is 12.2 Å². The number of methoxy groups -OCH3 is 1. The first-order valence-corrected chi connectivity index (χ1v) is 7.10. The van der Waals surface area contributed by atoms with Crippen molar-refractivity contribution in [1.82, 2.24) is 20.1 Å². The highest BCUT2D eigenvalue weighted by Gasteiger charge is 2.00. The maximum atomic E-state index is 5.46. The SMILES string of the molecule is CCCNCc1ncn(CCOCCOCCOC)n1. The highest BCUT2D eigenvalue weighted by molar-refractivity contribution is 4.80. The van der Waals surface area contributed by atoms with Crippen molar-refractivity contribution in [2.24, 2.45) is 0 Å². The monoisotopic (exact) mass is 286 g/mol. The predicted octanol–water partition coefficient (Wildman–Crippen LogP) is 0.457. The van der Waals surface area contributed by atoms with Gasteiger partial charge in [0, 0.05) is 7.11 Å². The zero-order valence-electron chi connectivity index (χ0n) is 12.5. The number of nitrogens with one attached hydrogen (secondary N) is 1. The largest absolute Gasteiger partial charge is 0.382 e. The first kappa shape index (κ1) is 17.0. The summed E-state index contributed by atoms with van der Waals surface area (Å²) in [7, 11) is 1.66. The molecule has 0 saturated carbocycles. The van der Waals surface area contributed by atoms with Crippen LogP contribution in [0, 0.1) is 0 Å². The van der Waals surface area contributed by atoms with Gasteiger partial charge >= 0.3 is 0 Å². The lowest BCUT2D eigenvalue weighted by Gasteiger charge is -2.05. The molecule has 116 valence electrons. The molecular weight excluding hydrogens is 260 g/mol. The lowest BCUT2D eigenvalue weighted by Crippen LogP contribution is -2.15. The first-order chi connectivity index (χ1) is 9.86. The Morgan fingerprint density at radius 1 is 1.15 bits per heavy atom. The van der Waals surface area contributed by atoms with Crippen molar-refractivity contribution in [1.29, 1.82) is 0 Å². The smallest absolute Gasteiger partial charge is 0.164 e. The van der Waals surface area contributed by atoms with Gasteiger partial charge in [0.05, 0.1) is 46.1 Å². The van der Waals surface area contributed by atoms with Gasteiger partial charge in [-0.15, -0.1) is 0 Å². The number of hydrogen-bond donors (Lipinski definition) is 1. The van der Waals surface area contributed by atoms with Crippen LogP contribution in [0.4, 0.5) is 0 Å². The van der Waals surface area contributed by atoms with Gasteiger partial charge in [-0.2, -0.15) is 5.10 Å². The molecule has 0 saturated heterocycles. The molecule has 1 heterocycles. The van der Waals surface area contributed by atoms with E-state index in [1.54, 1.807) is 18.1 Å². The third kappa shape index (κ3) is 8.21. The van der Waals surface area contributed by atoms with E-state index in [-0.39, 0.29) is 0 Å². The Labute approximate surface area is 120 Å². The fraction of sp³-hybridized carbons (Fsp3) is 0.846. The molecule has 0 unspecified atom stereocenters. The van der Waals surface area contributed by atoms with Crippen molar-refractivity contribution < 1.29 is 14.2 Å². The van der Waals surface area contributed by atoms with Gasteiger partial charge in [0.2, 0.25) is 0 Å². The van der Waals surface area contributed by atoms with E-state index in [9.17, 15) is 0 Å². The van der Waals surface area contributed by atoms with E-state index < -0.39 is 0 Å². The Balaban J connectivity index is 1.99. The summed E-state index contributed by atoms with van der Waals surface area (Å²) >= 11 is 0. The van der Waals surface area contributed by atoms with Gasteiger partial charge in [-0.25, -0.2) is 4.98 Å². The van der Waals surface area contributed by atoms with Gasteiger partial charge in [0.1, 0.15) is 6.33 Å². The average molecular weight is 286 g/mol. The van der Waals surface area contributed by atoms with Crippen molar-refractivity contribution in [2.75, 3.05) is 46.7 Å². The molecule has 7 heteroatoms. The average Bonchev–Trinajstić information content (AvgIpc) is 2.90. The third-order valence-corrected chi connectivity index (χ3v) is 2.56. The predicted molar refractivity (Wildman–Crippen MR) is 75.5 cm³/mol. The van der Waals surface area contributed by atoms with Gasteiger partial charge in [0.25, 0.3) is 0 Å². The molecule has 0 fully saturated rings. The van der Waals surface area contributed by atoms with Crippen LogP contribution >= 0.6 is 0 Å².